The molecule has 3 nitrogen and oxygen atoms in total. The van der Waals surface area contributed by atoms with E-state index in [1.54, 1.807) is 0 Å². The SMILES string of the molecule is CCc1cc(OCC=O)cc(C)c1OSS. The number of hydrogen-bond donors (Lipinski definition) is 1. The highest BCUT2D eigenvalue weighted by Gasteiger charge is 2.09. The molecule has 0 bridgehead atoms. The van der Waals surface area contributed by atoms with Crippen LogP contribution in [0.2, 0.25) is 0 Å². The molecule has 0 amide bonds. The number of benzene rings is 1. The highest BCUT2D eigenvalue weighted by atomic mass is 33.1. The predicted molar refractivity (Wildman–Crippen MR) is 69.3 cm³/mol. The lowest BCUT2D eigenvalue weighted by Gasteiger charge is -2.12. The summed E-state index contributed by atoms with van der Waals surface area (Å²) in [5.74, 6) is 1.51. The summed E-state index contributed by atoms with van der Waals surface area (Å²) >= 11 is 4.98. The van der Waals surface area contributed by atoms with Crippen LogP contribution in [-0.4, -0.2) is 12.9 Å². The Morgan fingerprint density at radius 3 is 2.81 bits per heavy atom. The number of aryl methyl sites for hydroxylation is 2. The Labute approximate surface area is 105 Å². The molecule has 0 aliphatic carbocycles. The molecule has 0 unspecified atom stereocenters. The number of carbonyl (C=O) groups is 1. The molecule has 0 aromatic heterocycles. The van der Waals surface area contributed by atoms with Gasteiger partial charge in [0.2, 0.25) is 0 Å². The fourth-order valence-corrected chi connectivity index (χ4v) is 1.98. The first-order chi connectivity index (χ1) is 7.72. The van der Waals surface area contributed by atoms with Gasteiger partial charge >= 0.3 is 0 Å². The van der Waals surface area contributed by atoms with Gasteiger partial charge < -0.3 is 8.92 Å². The minimum absolute atomic E-state index is 0.0735. The number of hydrogen-bond acceptors (Lipinski definition) is 5. The number of carbonyl (C=O) groups excluding carboxylic acids is 1. The molecule has 1 aromatic rings. The van der Waals surface area contributed by atoms with E-state index in [2.05, 4.69) is 11.7 Å². The summed E-state index contributed by atoms with van der Waals surface area (Å²) in [5, 5.41) is 0. The summed E-state index contributed by atoms with van der Waals surface area (Å²) in [6.07, 6.45) is 1.57. The lowest BCUT2D eigenvalue weighted by molar-refractivity contribution is -0.109. The van der Waals surface area contributed by atoms with Crippen LogP contribution in [0.1, 0.15) is 18.1 Å². The van der Waals surface area contributed by atoms with Crippen molar-refractivity contribution in [2.45, 2.75) is 20.3 Å². The van der Waals surface area contributed by atoms with Crippen molar-refractivity contribution >= 4 is 29.0 Å². The van der Waals surface area contributed by atoms with E-state index in [1.165, 1.54) is 0 Å². The van der Waals surface area contributed by atoms with E-state index in [4.69, 9.17) is 8.92 Å². The molecule has 88 valence electrons. The number of rotatable bonds is 6. The fourth-order valence-electron chi connectivity index (χ4n) is 1.44. The van der Waals surface area contributed by atoms with Crippen LogP contribution in [0.5, 0.6) is 11.5 Å². The average Bonchev–Trinajstić information content (AvgIpc) is 2.29. The van der Waals surface area contributed by atoms with E-state index in [1.807, 2.05) is 26.0 Å². The summed E-state index contributed by atoms with van der Waals surface area (Å²) in [4.78, 5) is 10.2. The summed E-state index contributed by atoms with van der Waals surface area (Å²) in [6, 6.07) is 3.73. The molecule has 0 aliphatic rings. The zero-order chi connectivity index (χ0) is 12.0. The van der Waals surface area contributed by atoms with Crippen LogP contribution in [0.3, 0.4) is 0 Å². The smallest absolute Gasteiger partial charge is 0.157 e. The molecule has 0 spiro atoms. The molecule has 0 heterocycles. The van der Waals surface area contributed by atoms with Crippen molar-refractivity contribution < 1.29 is 13.7 Å². The molecule has 5 heteroatoms. The second-order valence-electron chi connectivity index (χ2n) is 3.22. The fraction of sp³-hybridized carbons (Fsp3) is 0.364. The van der Waals surface area contributed by atoms with Gasteiger partial charge in [-0.1, -0.05) is 18.6 Å². The molecule has 0 saturated carbocycles. The Morgan fingerprint density at radius 1 is 1.50 bits per heavy atom. The third kappa shape index (κ3) is 3.35. The predicted octanol–water partition coefficient (Wildman–Crippen LogP) is 3.01. The summed E-state index contributed by atoms with van der Waals surface area (Å²) in [6.45, 7) is 4.05. The second-order valence-corrected chi connectivity index (χ2v) is 3.98. The van der Waals surface area contributed by atoms with Crippen molar-refractivity contribution in [2.75, 3.05) is 6.61 Å². The van der Waals surface area contributed by atoms with Gasteiger partial charge in [-0.05, 0) is 36.6 Å². The van der Waals surface area contributed by atoms with Gasteiger partial charge in [-0.3, -0.25) is 4.79 Å². The molecule has 1 rings (SSSR count). The van der Waals surface area contributed by atoms with E-state index in [9.17, 15) is 4.79 Å². The van der Waals surface area contributed by atoms with Crippen molar-refractivity contribution in [2.24, 2.45) is 0 Å². The molecule has 0 saturated heterocycles. The van der Waals surface area contributed by atoms with Crippen LogP contribution in [-0.2, 0) is 11.2 Å². The zero-order valence-electron chi connectivity index (χ0n) is 9.23. The Balaban J connectivity index is 3.00. The maximum absolute atomic E-state index is 10.2. The Kier molecular flexibility index (Phi) is 5.55. The van der Waals surface area contributed by atoms with Gasteiger partial charge in [-0.2, -0.15) is 0 Å². The number of ether oxygens (including phenoxy) is 1. The third-order valence-corrected chi connectivity index (χ3v) is 2.61. The standard InChI is InChI=1S/C11H14O3S2/c1-3-9-7-10(13-5-4-12)6-8(2)11(9)14-16-15/h4,6-7,15H,3,5H2,1-2H3. The van der Waals surface area contributed by atoms with Gasteiger partial charge in [0.25, 0.3) is 0 Å². The monoisotopic (exact) mass is 258 g/mol. The van der Waals surface area contributed by atoms with E-state index in [0.717, 1.165) is 40.7 Å². The molecule has 0 atom stereocenters. The molecule has 0 fully saturated rings. The van der Waals surface area contributed by atoms with E-state index in [-0.39, 0.29) is 6.61 Å². The molecular formula is C11H14O3S2. The van der Waals surface area contributed by atoms with Gasteiger partial charge in [0.1, 0.15) is 29.2 Å². The topological polar surface area (TPSA) is 35.5 Å². The van der Waals surface area contributed by atoms with Crippen LogP contribution < -0.4 is 8.92 Å². The lowest BCUT2D eigenvalue weighted by Crippen LogP contribution is -2.00. The average molecular weight is 258 g/mol. The van der Waals surface area contributed by atoms with Gasteiger partial charge in [0, 0.05) is 0 Å². The van der Waals surface area contributed by atoms with Crippen molar-refractivity contribution in [3.05, 3.63) is 23.3 Å². The van der Waals surface area contributed by atoms with Gasteiger partial charge in [-0.15, -0.1) is 0 Å². The van der Waals surface area contributed by atoms with E-state index >= 15 is 0 Å². The van der Waals surface area contributed by atoms with Crippen LogP contribution in [0.15, 0.2) is 12.1 Å². The number of aldehydes is 1. The van der Waals surface area contributed by atoms with E-state index in [0.29, 0.717) is 5.75 Å². The molecule has 0 aliphatic heterocycles. The molecule has 1 aromatic carbocycles. The van der Waals surface area contributed by atoms with Gasteiger partial charge in [0.15, 0.2) is 6.29 Å². The van der Waals surface area contributed by atoms with Crippen LogP contribution >= 0.6 is 22.7 Å². The summed E-state index contributed by atoms with van der Waals surface area (Å²) in [7, 11) is 0. The molecule has 0 radical (unpaired) electrons. The number of thiol groups is 1. The summed E-state index contributed by atoms with van der Waals surface area (Å²) < 4.78 is 10.6. The zero-order valence-corrected chi connectivity index (χ0v) is 10.9. The quantitative estimate of drug-likeness (QED) is 0.368. The minimum atomic E-state index is 0.0735. The first-order valence-corrected chi connectivity index (χ1v) is 6.70. The molecule has 16 heavy (non-hydrogen) atoms. The lowest BCUT2D eigenvalue weighted by atomic mass is 10.1. The van der Waals surface area contributed by atoms with Crippen LogP contribution in [0, 0.1) is 6.92 Å². The molecule has 0 N–H and O–H groups in total. The van der Waals surface area contributed by atoms with Crippen molar-refractivity contribution in [3.63, 3.8) is 0 Å². The van der Waals surface area contributed by atoms with Gasteiger partial charge in [0.05, 0.1) is 0 Å². The maximum Gasteiger partial charge on any atom is 0.157 e. The first kappa shape index (κ1) is 13.3. The normalized spacial score (nSPS) is 9.94. The Hall–Kier alpha value is -0.810. The maximum atomic E-state index is 10.2. The Bertz CT molecular complexity index is 366. The molecular weight excluding hydrogens is 244 g/mol. The van der Waals surface area contributed by atoms with Crippen molar-refractivity contribution in [3.8, 4) is 11.5 Å². The van der Waals surface area contributed by atoms with Crippen LogP contribution in [0.4, 0.5) is 0 Å². The first-order valence-electron chi connectivity index (χ1n) is 4.91. The van der Waals surface area contributed by atoms with Crippen molar-refractivity contribution in [1.82, 2.24) is 0 Å². The van der Waals surface area contributed by atoms with E-state index < -0.39 is 0 Å². The summed E-state index contributed by atoms with van der Waals surface area (Å²) in [5.41, 5.74) is 2.02. The van der Waals surface area contributed by atoms with Gasteiger partial charge in [-0.25, -0.2) is 0 Å². The minimum Gasteiger partial charge on any atom is -0.486 e. The largest absolute Gasteiger partial charge is 0.486 e. The second kappa shape index (κ2) is 6.70. The van der Waals surface area contributed by atoms with Crippen LogP contribution in [0.25, 0.3) is 0 Å². The highest BCUT2D eigenvalue weighted by molar-refractivity contribution is 8.66. The third-order valence-electron chi connectivity index (χ3n) is 2.14. The Morgan fingerprint density at radius 2 is 2.25 bits per heavy atom. The van der Waals surface area contributed by atoms with Crippen molar-refractivity contribution in [1.29, 1.82) is 0 Å². The highest BCUT2D eigenvalue weighted by Crippen LogP contribution is 2.32.